The number of furan rings is 1. The number of amides is 1. The van der Waals surface area contributed by atoms with E-state index in [9.17, 15) is 4.79 Å². The van der Waals surface area contributed by atoms with Gasteiger partial charge in [0.2, 0.25) is 0 Å². The average Bonchev–Trinajstić information content (AvgIpc) is 2.84. The molecule has 0 aromatic carbocycles. The van der Waals surface area contributed by atoms with E-state index < -0.39 is 0 Å². The predicted octanol–water partition coefficient (Wildman–Crippen LogP) is 3.03. The van der Waals surface area contributed by atoms with Gasteiger partial charge in [-0.05, 0) is 34.1 Å². The number of hydrogen-bond donors (Lipinski definition) is 1. The van der Waals surface area contributed by atoms with Gasteiger partial charge in [-0.15, -0.1) is 11.3 Å². The SMILES string of the molecule is O=C(NCc1ccoc1)c1ccc(Br)s1. The van der Waals surface area contributed by atoms with E-state index >= 15 is 0 Å². The van der Waals surface area contributed by atoms with Crippen LogP contribution in [0.3, 0.4) is 0 Å². The molecule has 0 unspecified atom stereocenters. The van der Waals surface area contributed by atoms with Crippen LogP contribution in [0.15, 0.2) is 38.9 Å². The highest BCUT2D eigenvalue weighted by molar-refractivity contribution is 9.11. The second kappa shape index (κ2) is 4.63. The van der Waals surface area contributed by atoms with Gasteiger partial charge in [0, 0.05) is 12.1 Å². The summed E-state index contributed by atoms with van der Waals surface area (Å²) in [5.74, 6) is -0.0631. The molecular weight excluding hydrogens is 278 g/mol. The molecule has 2 heterocycles. The van der Waals surface area contributed by atoms with Crippen LogP contribution in [0.4, 0.5) is 0 Å². The van der Waals surface area contributed by atoms with Crippen molar-refractivity contribution in [1.82, 2.24) is 5.32 Å². The summed E-state index contributed by atoms with van der Waals surface area (Å²) in [4.78, 5) is 12.3. The summed E-state index contributed by atoms with van der Waals surface area (Å²) in [6.45, 7) is 0.491. The monoisotopic (exact) mass is 285 g/mol. The highest BCUT2D eigenvalue weighted by Crippen LogP contribution is 2.21. The summed E-state index contributed by atoms with van der Waals surface area (Å²) in [5.41, 5.74) is 0.957. The van der Waals surface area contributed by atoms with E-state index in [4.69, 9.17) is 4.42 Å². The minimum atomic E-state index is -0.0631. The molecule has 0 aliphatic heterocycles. The zero-order chi connectivity index (χ0) is 10.7. The molecule has 0 aliphatic rings. The third-order valence-electron chi connectivity index (χ3n) is 1.83. The van der Waals surface area contributed by atoms with Gasteiger partial charge in [0.1, 0.15) is 0 Å². The van der Waals surface area contributed by atoms with Gasteiger partial charge in [-0.1, -0.05) is 0 Å². The second-order valence-electron chi connectivity index (χ2n) is 2.92. The molecular formula is C10H8BrNO2S. The van der Waals surface area contributed by atoms with Crippen molar-refractivity contribution in [2.45, 2.75) is 6.54 Å². The Balaban J connectivity index is 1.93. The van der Waals surface area contributed by atoms with Crippen LogP contribution in [0, 0.1) is 0 Å². The third-order valence-corrected chi connectivity index (χ3v) is 3.45. The Morgan fingerprint density at radius 3 is 2.93 bits per heavy atom. The Morgan fingerprint density at radius 1 is 1.47 bits per heavy atom. The molecule has 15 heavy (non-hydrogen) atoms. The maximum absolute atomic E-state index is 11.6. The van der Waals surface area contributed by atoms with Crippen molar-refractivity contribution >= 4 is 33.2 Å². The van der Waals surface area contributed by atoms with Gasteiger partial charge >= 0.3 is 0 Å². The lowest BCUT2D eigenvalue weighted by Crippen LogP contribution is -2.21. The molecule has 0 aliphatic carbocycles. The molecule has 2 aromatic rings. The molecule has 1 amide bonds. The zero-order valence-corrected chi connectivity index (χ0v) is 10.1. The molecule has 1 N–H and O–H groups in total. The van der Waals surface area contributed by atoms with E-state index in [1.165, 1.54) is 11.3 Å². The fraction of sp³-hybridized carbons (Fsp3) is 0.100. The van der Waals surface area contributed by atoms with Gasteiger partial charge in [-0.25, -0.2) is 0 Å². The Hall–Kier alpha value is -1.07. The van der Waals surface area contributed by atoms with Crippen LogP contribution in [0.5, 0.6) is 0 Å². The fourth-order valence-electron chi connectivity index (χ4n) is 1.10. The maximum Gasteiger partial charge on any atom is 0.261 e. The Bertz CT molecular complexity index is 450. The Kier molecular flexibility index (Phi) is 3.23. The van der Waals surface area contributed by atoms with Crippen molar-refractivity contribution in [2.75, 3.05) is 0 Å². The molecule has 0 saturated carbocycles. The average molecular weight is 286 g/mol. The van der Waals surface area contributed by atoms with Crippen LogP contribution >= 0.6 is 27.3 Å². The van der Waals surface area contributed by atoms with Gasteiger partial charge in [-0.3, -0.25) is 4.79 Å². The quantitative estimate of drug-likeness (QED) is 0.942. The minimum absolute atomic E-state index is 0.0631. The van der Waals surface area contributed by atoms with E-state index in [2.05, 4.69) is 21.2 Å². The van der Waals surface area contributed by atoms with Crippen molar-refractivity contribution < 1.29 is 9.21 Å². The predicted molar refractivity (Wildman–Crippen MR) is 61.9 cm³/mol. The van der Waals surface area contributed by atoms with Gasteiger partial charge in [0.05, 0.1) is 21.2 Å². The topological polar surface area (TPSA) is 42.2 Å². The molecule has 0 atom stereocenters. The van der Waals surface area contributed by atoms with Crippen molar-refractivity contribution in [2.24, 2.45) is 0 Å². The number of nitrogens with one attached hydrogen (secondary N) is 1. The van der Waals surface area contributed by atoms with Gasteiger partial charge in [-0.2, -0.15) is 0 Å². The van der Waals surface area contributed by atoms with E-state index in [-0.39, 0.29) is 5.91 Å². The zero-order valence-electron chi connectivity index (χ0n) is 7.70. The van der Waals surface area contributed by atoms with Crippen molar-refractivity contribution in [3.63, 3.8) is 0 Å². The van der Waals surface area contributed by atoms with Crippen LogP contribution in [0.2, 0.25) is 0 Å². The van der Waals surface area contributed by atoms with Crippen LogP contribution in [0.25, 0.3) is 0 Å². The molecule has 78 valence electrons. The first-order valence-corrected chi connectivity index (χ1v) is 5.91. The summed E-state index contributed by atoms with van der Waals surface area (Å²) in [5, 5.41) is 2.81. The summed E-state index contributed by atoms with van der Waals surface area (Å²) in [6, 6.07) is 5.47. The van der Waals surface area contributed by atoms with Crippen LogP contribution in [-0.4, -0.2) is 5.91 Å². The highest BCUT2D eigenvalue weighted by Gasteiger charge is 2.07. The number of thiophene rings is 1. The summed E-state index contributed by atoms with van der Waals surface area (Å²) in [7, 11) is 0. The first-order chi connectivity index (χ1) is 7.25. The summed E-state index contributed by atoms with van der Waals surface area (Å²) >= 11 is 4.73. The van der Waals surface area contributed by atoms with Crippen molar-refractivity contribution in [1.29, 1.82) is 0 Å². The highest BCUT2D eigenvalue weighted by atomic mass is 79.9. The third kappa shape index (κ3) is 2.70. The number of rotatable bonds is 3. The van der Waals surface area contributed by atoms with E-state index in [1.807, 2.05) is 12.1 Å². The first kappa shape index (κ1) is 10.4. The molecule has 0 fully saturated rings. The van der Waals surface area contributed by atoms with Crippen LogP contribution in [0.1, 0.15) is 15.2 Å². The van der Waals surface area contributed by atoms with Crippen molar-refractivity contribution in [3.8, 4) is 0 Å². The van der Waals surface area contributed by atoms with E-state index in [0.717, 1.165) is 9.35 Å². The number of carbonyl (C=O) groups excluding carboxylic acids is 1. The first-order valence-electron chi connectivity index (χ1n) is 4.30. The standard InChI is InChI=1S/C10H8BrNO2S/c11-9-2-1-8(15-9)10(13)12-5-7-3-4-14-6-7/h1-4,6H,5H2,(H,12,13). The lowest BCUT2D eigenvalue weighted by molar-refractivity contribution is 0.0955. The van der Waals surface area contributed by atoms with E-state index in [0.29, 0.717) is 11.4 Å². The molecule has 2 rings (SSSR count). The Morgan fingerprint density at radius 2 is 2.33 bits per heavy atom. The van der Waals surface area contributed by atoms with Crippen molar-refractivity contribution in [3.05, 3.63) is 45.0 Å². The fourth-order valence-corrected chi connectivity index (χ4v) is 2.40. The summed E-state index contributed by atoms with van der Waals surface area (Å²) < 4.78 is 5.86. The normalized spacial score (nSPS) is 10.2. The van der Waals surface area contributed by atoms with Gasteiger partial charge in [0.15, 0.2) is 0 Å². The van der Waals surface area contributed by atoms with Crippen LogP contribution in [-0.2, 0) is 6.54 Å². The molecule has 0 bridgehead atoms. The second-order valence-corrected chi connectivity index (χ2v) is 5.38. The molecule has 5 heteroatoms. The Labute approximate surface area is 99.2 Å². The molecule has 0 radical (unpaired) electrons. The molecule has 3 nitrogen and oxygen atoms in total. The smallest absolute Gasteiger partial charge is 0.261 e. The summed E-state index contributed by atoms with van der Waals surface area (Å²) in [6.07, 6.45) is 3.20. The number of hydrogen-bond acceptors (Lipinski definition) is 3. The van der Waals surface area contributed by atoms with Gasteiger partial charge in [0.25, 0.3) is 5.91 Å². The van der Waals surface area contributed by atoms with Crippen LogP contribution < -0.4 is 5.32 Å². The molecule has 2 aromatic heterocycles. The minimum Gasteiger partial charge on any atom is -0.472 e. The number of carbonyl (C=O) groups is 1. The maximum atomic E-state index is 11.6. The molecule has 0 spiro atoms. The largest absolute Gasteiger partial charge is 0.472 e. The van der Waals surface area contributed by atoms with Gasteiger partial charge < -0.3 is 9.73 Å². The van der Waals surface area contributed by atoms with E-state index in [1.54, 1.807) is 18.6 Å². The number of halogens is 1. The molecule has 0 saturated heterocycles. The lowest BCUT2D eigenvalue weighted by atomic mass is 10.3. The lowest BCUT2D eigenvalue weighted by Gasteiger charge is -1.99.